The largest absolute Gasteiger partial charge is 0.573 e. The maximum atomic E-state index is 12.0. The molecule has 2 aromatic rings. The number of imidazole rings is 1. The standard InChI is InChI=1S/C12H10F3N3O4/c13-12(14,15)22-9-3-1-8(2-4-9)10(19)5-17-6-11(16-7-17)18(20)21/h1-4,6-7,10,19H,5H2. The molecule has 10 heteroatoms. The van der Waals surface area contributed by atoms with Crippen LogP contribution in [-0.4, -0.2) is 25.9 Å². The number of rotatable bonds is 5. The summed E-state index contributed by atoms with van der Waals surface area (Å²) in [6, 6.07) is 4.69. The van der Waals surface area contributed by atoms with Crippen LogP contribution < -0.4 is 4.74 Å². The number of halogens is 3. The van der Waals surface area contributed by atoms with Gasteiger partial charge in [0.1, 0.15) is 11.9 Å². The van der Waals surface area contributed by atoms with Gasteiger partial charge >= 0.3 is 12.2 Å². The number of aliphatic hydroxyl groups is 1. The fraction of sp³-hybridized carbons (Fsp3) is 0.250. The van der Waals surface area contributed by atoms with Gasteiger partial charge in [-0.3, -0.25) is 0 Å². The number of hydrogen-bond acceptors (Lipinski definition) is 5. The molecule has 0 spiro atoms. The van der Waals surface area contributed by atoms with Crippen molar-refractivity contribution >= 4 is 5.82 Å². The van der Waals surface area contributed by atoms with Gasteiger partial charge < -0.3 is 24.5 Å². The van der Waals surface area contributed by atoms with Crippen LogP contribution in [0.15, 0.2) is 36.8 Å². The zero-order chi connectivity index (χ0) is 16.3. The lowest BCUT2D eigenvalue weighted by atomic mass is 10.1. The summed E-state index contributed by atoms with van der Waals surface area (Å²) in [6.07, 6.45) is -3.52. The number of aliphatic hydroxyl groups excluding tert-OH is 1. The molecule has 1 atom stereocenters. The van der Waals surface area contributed by atoms with Crippen molar-refractivity contribution in [3.05, 3.63) is 52.5 Å². The molecule has 1 aromatic carbocycles. The van der Waals surface area contributed by atoms with Crippen LogP contribution in [0.5, 0.6) is 5.75 Å². The molecule has 1 aromatic heterocycles. The van der Waals surface area contributed by atoms with Gasteiger partial charge in [-0.15, -0.1) is 13.2 Å². The summed E-state index contributed by atoms with van der Waals surface area (Å²) >= 11 is 0. The van der Waals surface area contributed by atoms with Crippen molar-refractivity contribution in [2.24, 2.45) is 0 Å². The van der Waals surface area contributed by atoms with Crippen LogP contribution in [-0.2, 0) is 6.54 Å². The van der Waals surface area contributed by atoms with Gasteiger partial charge in [-0.05, 0) is 27.6 Å². The molecule has 2 rings (SSSR count). The molecule has 0 bridgehead atoms. The van der Waals surface area contributed by atoms with Crippen LogP contribution >= 0.6 is 0 Å². The van der Waals surface area contributed by atoms with Crippen molar-refractivity contribution in [2.45, 2.75) is 19.0 Å². The monoisotopic (exact) mass is 317 g/mol. The van der Waals surface area contributed by atoms with Crippen molar-refractivity contribution in [3.8, 4) is 5.75 Å². The molecule has 1 unspecified atom stereocenters. The van der Waals surface area contributed by atoms with Gasteiger partial charge in [0.25, 0.3) is 0 Å². The Morgan fingerprint density at radius 3 is 2.50 bits per heavy atom. The fourth-order valence-corrected chi connectivity index (χ4v) is 1.74. The van der Waals surface area contributed by atoms with Gasteiger partial charge in [-0.1, -0.05) is 12.1 Å². The molecule has 0 radical (unpaired) electrons. The van der Waals surface area contributed by atoms with E-state index in [1.54, 1.807) is 0 Å². The zero-order valence-electron chi connectivity index (χ0n) is 10.9. The van der Waals surface area contributed by atoms with Crippen molar-refractivity contribution in [1.82, 2.24) is 9.55 Å². The number of nitro groups is 1. The van der Waals surface area contributed by atoms with E-state index in [1.165, 1.54) is 23.0 Å². The molecule has 0 fully saturated rings. The van der Waals surface area contributed by atoms with Crippen molar-refractivity contribution in [2.75, 3.05) is 0 Å². The summed E-state index contributed by atoms with van der Waals surface area (Å²) in [4.78, 5) is 13.3. The lowest BCUT2D eigenvalue weighted by Gasteiger charge is -2.12. The summed E-state index contributed by atoms with van der Waals surface area (Å²) in [7, 11) is 0. The van der Waals surface area contributed by atoms with Crippen molar-refractivity contribution < 1.29 is 27.9 Å². The van der Waals surface area contributed by atoms with Crippen LogP contribution in [0.4, 0.5) is 19.0 Å². The quantitative estimate of drug-likeness (QED) is 0.675. The van der Waals surface area contributed by atoms with Gasteiger partial charge in [-0.2, -0.15) is 0 Å². The first kappa shape index (κ1) is 15.8. The molecule has 118 valence electrons. The average molecular weight is 317 g/mol. The first-order valence-electron chi connectivity index (χ1n) is 5.94. The van der Waals surface area contributed by atoms with Crippen LogP contribution in [0.3, 0.4) is 0 Å². The minimum atomic E-state index is -4.78. The number of aromatic nitrogens is 2. The third-order valence-electron chi connectivity index (χ3n) is 2.69. The summed E-state index contributed by atoms with van der Waals surface area (Å²) in [5.74, 6) is -0.761. The predicted octanol–water partition coefficient (Wildman–Crippen LogP) is 2.42. The van der Waals surface area contributed by atoms with Gasteiger partial charge in [0.05, 0.1) is 12.6 Å². The highest BCUT2D eigenvalue weighted by atomic mass is 19.4. The molecule has 0 amide bonds. The Bertz CT molecular complexity index is 654. The lowest BCUT2D eigenvalue weighted by molar-refractivity contribution is -0.389. The maximum absolute atomic E-state index is 12.0. The summed E-state index contributed by atoms with van der Waals surface area (Å²) < 4.78 is 41.1. The topological polar surface area (TPSA) is 90.4 Å². The Kier molecular flexibility index (Phi) is 4.31. The average Bonchev–Trinajstić information content (AvgIpc) is 2.86. The molecule has 0 aliphatic carbocycles. The second kappa shape index (κ2) is 6.02. The van der Waals surface area contributed by atoms with Crippen LogP contribution in [0.1, 0.15) is 11.7 Å². The minimum Gasteiger partial charge on any atom is -0.406 e. The molecule has 0 aliphatic rings. The molecule has 0 saturated heterocycles. The summed E-state index contributed by atoms with van der Waals surface area (Å²) in [5.41, 5.74) is 0.339. The molecular formula is C12H10F3N3O4. The van der Waals surface area contributed by atoms with Crippen molar-refractivity contribution in [1.29, 1.82) is 0 Å². The highest BCUT2D eigenvalue weighted by Crippen LogP contribution is 2.25. The third kappa shape index (κ3) is 4.19. The molecule has 7 nitrogen and oxygen atoms in total. The smallest absolute Gasteiger partial charge is 0.406 e. The number of ether oxygens (including phenoxy) is 1. The normalized spacial score (nSPS) is 12.9. The first-order chi connectivity index (χ1) is 10.2. The molecule has 1 heterocycles. The molecule has 0 aliphatic heterocycles. The van der Waals surface area contributed by atoms with E-state index in [9.17, 15) is 28.4 Å². The van der Waals surface area contributed by atoms with Crippen LogP contribution in [0, 0.1) is 10.1 Å². The SMILES string of the molecule is O=[N+]([O-])c1cn(CC(O)c2ccc(OC(F)(F)F)cc2)cn1. The first-order valence-corrected chi connectivity index (χ1v) is 5.94. The number of benzene rings is 1. The molecule has 1 N–H and O–H groups in total. The lowest BCUT2D eigenvalue weighted by Crippen LogP contribution is -2.17. The van der Waals surface area contributed by atoms with E-state index in [4.69, 9.17) is 0 Å². The fourth-order valence-electron chi connectivity index (χ4n) is 1.74. The highest BCUT2D eigenvalue weighted by Gasteiger charge is 2.31. The Morgan fingerprint density at radius 1 is 1.36 bits per heavy atom. The Morgan fingerprint density at radius 2 is 2.00 bits per heavy atom. The van der Waals surface area contributed by atoms with Gasteiger partial charge in [0.2, 0.25) is 6.33 Å². The van der Waals surface area contributed by atoms with Crippen LogP contribution in [0.25, 0.3) is 0 Å². The van der Waals surface area contributed by atoms with Crippen molar-refractivity contribution in [3.63, 3.8) is 0 Å². The van der Waals surface area contributed by atoms with Gasteiger partial charge in [0.15, 0.2) is 0 Å². The summed E-state index contributed by atoms with van der Waals surface area (Å²) in [5, 5.41) is 20.4. The minimum absolute atomic E-state index is 0.0275. The Balaban J connectivity index is 2.02. The van der Waals surface area contributed by atoms with E-state index in [0.29, 0.717) is 5.56 Å². The highest BCUT2D eigenvalue weighted by molar-refractivity contribution is 5.28. The zero-order valence-corrected chi connectivity index (χ0v) is 10.9. The summed E-state index contributed by atoms with van der Waals surface area (Å²) in [6.45, 7) is -0.0275. The molecule has 0 saturated carbocycles. The number of nitrogens with zero attached hydrogens (tertiary/aromatic N) is 3. The van der Waals surface area contributed by atoms with E-state index >= 15 is 0 Å². The molecular weight excluding hydrogens is 307 g/mol. The van der Waals surface area contributed by atoms with E-state index < -0.39 is 23.1 Å². The second-order valence-corrected chi connectivity index (χ2v) is 4.32. The Hall–Kier alpha value is -2.62. The predicted molar refractivity (Wildman–Crippen MR) is 67.0 cm³/mol. The van der Waals surface area contributed by atoms with E-state index in [0.717, 1.165) is 18.3 Å². The van der Waals surface area contributed by atoms with E-state index in [2.05, 4.69) is 9.72 Å². The van der Waals surface area contributed by atoms with Gasteiger partial charge in [-0.25, -0.2) is 0 Å². The van der Waals surface area contributed by atoms with Gasteiger partial charge in [0, 0.05) is 0 Å². The number of alkyl halides is 3. The van der Waals surface area contributed by atoms with E-state index in [1.807, 2.05) is 0 Å². The maximum Gasteiger partial charge on any atom is 0.573 e. The van der Waals surface area contributed by atoms with Crippen LogP contribution in [0.2, 0.25) is 0 Å². The van der Waals surface area contributed by atoms with E-state index in [-0.39, 0.29) is 12.4 Å². The molecule has 22 heavy (non-hydrogen) atoms. The second-order valence-electron chi connectivity index (χ2n) is 4.32. The number of hydrogen-bond donors (Lipinski definition) is 1. The Labute approximate surface area is 121 Å². The third-order valence-corrected chi connectivity index (χ3v) is 2.69.